The number of para-hydroxylation sites is 1. The van der Waals surface area contributed by atoms with E-state index in [9.17, 15) is 4.79 Å². The van der Waals surface area contributed by atoms with Crippen molar-refractivity contribution in [2.75, 3.05) is 31.1 Å². The van der Waals surface area contributed by atoms with E-state index in [1.54, 1.807) is 0 Å². The van der Waals surface area contributed by atoms with E-state index in [1.165, 1.54) is 11.3 Å². The lowest BCUT2D eigenvalue weighted by Crippen LogP contribution is -2.34. The van der Waals surface area contributed by atoms with Gasteiger partial charge in [-0.3, -0.25) is 4.79 Å². The van der Waals surface area contributed by atoms with Crippen LogP contribution in [-0.4, -0.2) is 32.1 Å². The van der Waals surface area contributed by atoms with E-state index in [2.05, 4.69) is 47.6 Å². The van der Waals surface area contributed by atoms with Gasteiger partial charge in [0, 0.05) is 25.3 Å². The highest BCUT2D eigenvalue weighted by atomic mass is 16.2. The highest BCUT2D eigenvalue weighted by Crippen LogP contribution is 2.21. The Bertz CT molecular complexity index is 445. The minimum Gasteiger partial charge on any atom is -0.362 e. The zero-order valence-electron chi connectivity index (χ0n) is 12.5. The van der Waals surface area contributed by atoms with Crippen molar-refractivity contribution in [2.45, 2.75) is 26.8 Å². The molecule has 2 N–H and O–H groups in total. The van der Waals surface area contributed by atoms with Crippen LogP contribution in [0, 0.1) is 5.92 Å². The van der Waals surface area contributed by atoms with E-state index < -0.39 is 0 Å². The lowest BCUT2D eigenvalue weighted by molar-refractivity contribution is -0.119. The van der Waals surface area contributed by atoms with Gasteiger partial charge in [0.2, 0.25) is 5.91 Å². The maximum absolute atomic E-state index is 11.7. The van der Waals surface area contributed by atoms with E-state index >= 15 is 0 Å². The number of hydrogen-bond donors (Lipinski definition) is 2. The first-order chi connectivity index (χ1) is 9.66. The Hall–Kier alpha value is -1.55. The van der Waals surface area contributed by atoms with Gasteiger partial charge in [-0.15, -0.1) is 0 Å². The number of hydrogen-bond acceptors (Lipinski definition) is 3. The maximum Gasteiger partial charge on any atom is 0.239 e. The normalized spacial score (nSPS) is 16.1. The predicted octanol–water partition coefficient (Wildman–Crippen LogP) is 1.76. The Balaban J connectivity index is 2.07. The van der Waals surface area contributed by atoms with E-state index in [4.69, 9.17) is 0 Å². The smallest absolute Gasteiger partial charge is 0.239 e. The lowest BCUT2D eigenvalue weighted by atomic mass is 10.1. The van der Waals surface area contributed by atoms with Crippen molar-refractivity contribution in [3.8, 4) is 0 Å². The molecular formula is C16H25N3O. The molecule has 4 heteroatoms. The Morgan fingerprint density at radius 1 is 1.35 bits per heavy atom. The molecule has 0 radical (unpaired) electrons. The first-order valence-electron chi connectivity index (χ1n) is 7.47. The molecule has 1 aliphatic rings. The van der Waals surface area contributed by atoms with Crippen LogP contribution >= 0.6 is 0 Å². The fourth-order valence-electron chi connectivity index (χ4n) is 2.48. The van der Waals surface area contributed by atoms with Crippen LogP contribution in [0.15, 0.2) is 24.3 Å². The van der Waals surface area contributed by atoms with Crippen LogP contribution in [-0.2, 0) is 11.3 Å². The number of rotatable bonds is 5. The maximum atomic E-state index is 11.7. The van der Waals surface area contributed by atoms with Gasteiger partial charge in [0.15, 0.2) is 0 Å². The molecular weight excluding hydrogens is 250 g/mol. The second-order valence-corrected chi connectivity index (χ2v) is 5.78. The molecule has 1 aromatic carbocycles. The highest BCUT2D eigenvalue weighted by Gasteiger charge is 2.17. The van der Waals surface area contributed by atoms with Gasteiger partial charge in [-0.1, -0.05) is 32.0 Å². The van der Waals surface area contributed by atoms with Gasteiger partial charge in [-0.05, 0) is 30.5 Å². The molecule has 0 atom stereocenters. The topological polar surface area (TPSA) is 44.4 Å². The number of amides is 1. The van der Waals surface area contributed by atoms with Crippen molar-refractivity contribution in [1.29, 1.82) is 0 Å². The van der Waals surface area contributed by atoms with Crippen LogP contribution < -0.4 is 15.5 Å². The van der Waals surface area contributed by atoms with Gasteiger partial charge >= 0.3 is 0 Å². The molecule has 1 amide bonds. The van der Waals surface area contributed by atoms with Crippen molar-refractivity contribution in [2.24, 2.45) is 5.92 Å². The van der Waals surface area contributed by atoms with Crippen LogP contribution in [0.1, 0.15) is 25.8 Å². The molecule has 20 heavy (non-hydrogen) atoms. The average Bonchev–Trinajstić information content (AvgIpc) is 2.63. The van der Waals surface area contributed by atoms with Gasteiger partial charge in [0.1, 0.15) is 0 Å². The number of carbonyl (C=O) groups is 1. The molecule has 0 aromatic heterocycles. The van der Waals surface area contributed by atoms with Crippen molar-refractivity contribution in [1.82, 2.24) is 10.6 Å². The number of anilines is 1. The molecule has 0 aliphatic carbocycles. The molecule has 1 heterocycles. The van der Waals surface area contributed by atoms with Crippen LogP contribution in [0.4, 0.5) is 5.69 Å². The first kappa shape index (κ1) is 14.9. The second-order valence-electron chi connectivity index (χ2n) is 5.78. The molecule has 0 spiro atoms. The van der Waals surface area contributed by atoms with Crippen molar-refractivity contribution >= 4 is 11.6 Å². The number of benzene rings is 1. The summed E-state index contributed by atoms with van der Waals surface area (Å²) in [7, 11) is 0. The average molecular weight is 275 g/mol. The third kappa shape index (κ3) is 4.23. The van der Waals surface area contributed by atoms with Crippen molar-refractivity contribution < 1.29 is 4.79 Å². The fraction of sp³-hybridized carbons (Fsp3) is 0.562. The molecule has 1 aromatic rings. The SMILES string of the molecule is CC(C)CNCc1ccccc1N1CCCNC(=O)C1. The molecule has 0 saturated carbocycles. The zero-order valence-corrected chi connectivity index (χ0v) is 12.5. The third-order valence-electron chi connectivity index (χ3n) is 3.46. The van der Waals surface area contributed by atoms with E-state index in [-0.39, 0.29) is 5.91 Å². The minimum absolute atomic E-state index is 0.118. The summed E-state index contributed by atoms with van der Waals surface area (Å²) < 4.78 is 0. The zero-order chi connectivity index (χ0) is 14.4. The molecule has 110 valence electrons. The van der Waals surface area contributed by atoms with Gasteiger partial charge in [-0.25, -0.2) is 0 Å². The summed E-state index contributed by atoms with van der Waals surface area (Å²) in [6.45, 7) is 8.45. The fourth-order valence-corrected chi connectivity index (χ4v) is 2.48. The number of nitrogens with zero attached hydrogens (tertiary/aromatic N) is 1. The van der Waals surface area contributed by atoms with Crippen LogP contribution in [0.5, 0.6) is 0 Å². The number of carbonyl (C=O) groups excluding carboxylic acids is 1. The molecule has 0 bridgehead atoms. The second kappa shape index (κ2) is 7.29. The molecule has 4 nitrogen and oxygen atoms in total. The Labute approximate surface area is 121 Å². The molecule has 2 rings (SSSR count). The monoisotopic (exact) mass is 275 g/mol. The summed E-state index contributed by atoms with van der Waals surface area (Å²) in [5, 5.41) is 6.41. The van der Waals surface area contributed by atoms with Crippen LogP contribution in [0.25, 0.3) is 0 Å². The van der Waals surface area contributed by atoms with Crippen molar-refractivity contribution in [3.05, 3.63) is 29.8 Å². The van der Waals surface area contributed by atoms with E-state index in [0.717, 1.165) is 32.6 Å². The summed E-state index contributed by atoms with van der Waals surface area (Å²) in [5.41, 5.74) is 2.45. The summed E-state index contributed by atoms with van der Waals surface area (Å²) in [6, 6.07) is 8.37. The molecule has 1 aliphatic heterocycles. The van der Waals surface area contributed by atoms with Gasteiger partial charge < -0.3 is 15.5 Å². The minimum atomic E-state index is 0.118. The summed E-state index contributed by atoms with van der Waals surface area (Å²) >= 11 is 0. The van der Waals surface area contributed by atoms with E-state index in [0.29, 0.717) is 12.5 Å². The molecule has 1 fully saturated rings. The lowest BCUT2D eigenvalue weighted by Gasteiger charge is -2.24. The van der Waals surface area contributed by atoms with Crippen LogP contribution in [0.2, 0.25) is 0 Å². The van der Waals surface area contributed by atoms with Gasteiger partial charge in [0.25, 0.3) is 0 Å². The highest BCUT2D eigenvalue weighted by molar-refractivity contribution is 5.82. The summed E-state index contributed by atoms with van der Waals surface area (Å²) in [4.78, 5) is 13.9. The predicted molar refractivity (Wildman–Crippen MR) is 82.8 cm³/mol. The van der Waals surface area contributed by atoms with E-state index in [1.807, 2.05) is 6.07 Å². The molecule has 1 saturated heterocycles. The number of nitrogens with one attached hydrogen (secondary N) is 2. The Morgan fingerprint density at radius 3 is 2.95 bits per heavy atom. The Morgan fingerprint density at radius 2 is 2.15 bits per heavy atom. The molecule has 0 unspecified atom stereocenters. The van der Waals surface area contributed by atoms with Crippen LogP contribution in [0.3, 0.4) is 0 Å². The standard InChI is InChI=1S/C16H25N3O/c1-13(2)10-17-11-14-6-3-4-7-15(14)19-9-5-8-18-16(20)12-19/h3-4,6-7,13,17H,5,8-12H2,1-2H3,(H,18,20). The first-order valence-corrected chi connectivity index (χ1v) is 7.47. The van der Waals surface area contributed by atoms with Gasteiger partial charge in [0.05, 0.1) is 6.54 Å². The van der Waals surface area contributed by atoms with Gasteiger partial charge in [-0.2, -0.15) is 0 Å². The third-order valence-corrected chi connectivity index (χ3v) is 3.46. The Kier molecular flexibility index (Phi) is 5.41. The van der Waals surface area contributed by atoms with Crippen molar-refractivity contribution in [3.63, 3.8) is 0 Å². The largest absolute Gasteiger partial charge is 0.362 e. The summed E-state index contributed by atoms with van der Waals surface area (Å²) in [5.74, 6) is 0.763. The quantitative estimate of drug-likeness (QED) is 0.860. The summed E-state index contributed by atoms with van der Waals surface area (Å²) in [6.07, 6.45) is 1.000.